The number of fused-ring (bicyclic) bond motifs is 1. The zero-order valence-electron chi connectivity index (χ0n) is 8.66. The maximum absolute atomic E-state index is 11.1. The maximum Gasteiger partial charge on any atom is 0.417 e. The summed E-state index contributed by atoms with van der Waals surface area (Å²) in [7, 11) is 0. The third-order valence-electron chi connectivity index (χ3n) is 2.72. The van der Waals surface area contributed by atoms with E-state index in [0.29, 0.717) is 16.8 Å². The van der Waals surface area contributed by atoms with Crippen LogP contribution in [0.2, 0.25) is 0 Å². The number of oxazole rings is 1. The SMILES string of the molecule is O=c1[nH]c2cccc(OC3CCNC3)c2o1. The Bertz CT molecular complexity index is 552. The molecule has 1 unspecified atom stereocenters. The van der Waals surface area contributed by atoms with Gasteiger partial charge in [0.2, 0.25) is 0 Å². The van der Waals surface area contributed by atoms with Crippen LogP contribution in [0, 0.1) is 0 Å². The quantitative estimate of drug-likeness (QED) is 0.787. The Hall–Kier alpha value is -1.75. The summed E-state index contributed by atoms with van der Waals surface area (Å²) in [5, 5.41) is 3.22. The number of aromatic amines is 1. The molecule has 2 N–H and O–H groups in total. The van der Waals surface area contributed by atoms with E-state index in [4.69, 9.17) is 9.15 Å². The summed E-state index contributed by atoms with van der Waals surface area (Å²) in [6.45, 7) is 1.81. The molecule has 84 valence electrons. The van der Waals surface area contributed by atoms with Crippen LogP contribution in [0.3, 0.4) is 0 Å². The fourth-order valence-electron chi connectivity index (χ4n) is 1.95. The molecule has 0 saturated carbocycles. The smallest absolute Gasteiger partial charge is 0.417 e. The minimum Gasteiger partial charge on any atom is -0.485 e. The molecule has 16 heavy (non-hydrogen) atoms. The van der Waals surface area contributed by atoms with Crippen molar-refractivity contribution in [3.63, 3.8) is 0 Å². The van der Waals surface area contributed by atoms with Crippen molar-refractivity contribution in [2.45, 2.75) is 12.5 Å². The summed E-state index contributed by atoms with van der Waals surface area (Å²) in [5.41, 5.74) is 1.17. The van der Waals surface area contributed by atoms with Crippen LogP contribution in [0.5, 0.6) is 5.75 Å². The Kier molecular flexibility index (Phi) is 2.18. The van der Waals surface area contributed by atoms with E-state index < -0.39 is 5.76 Å². The topological polar surface area (TPSA) is 67.3 Å². The number of benzene rings is 1. The lowest BCUT2D eigenvalue weighted by Gasteiger charge is -2.11. The molecule has 2 aromatic rings. The summed E-state index contributed by atoms with van der Waals surface area (Å²) in [6, 6.07) is 5.45. The molecule has 1 aromatic carbocycles. The highest BCUT2D eigenvalue weighted by atomic mass is 16.5. The molecule has 0 bridgehead atoms. The van der Waals surface area contributed by atoms with Crippen molar-refractivity contribution in [1.29, 1.82) is 0 Å². The molecule has 1 saturated heterocycles. The van der Waals surface area contributed by atoms with E-state index in [1.165, 1.54) is 0 Å². The number of rotatable bonds is 2. The standard InChI is InChI=1S/C11H12N2O3/c14-11-13-8-2-1-3-9(10(8)16-11)15-7-4-5-12-6-7/h1-3,7,12H,4-6H2,(H,13,14). The molecule has 1 fully saturated rings. The molecule has 0 aliphatic carbocycles. The summed E-state index contributed by atoms with van der Waals surface area (Å²) in [5.74, 6) is 0.181. The predicted molar refractivity (Wildman–Crippen MR) is 58.7 cm³/mol. The number of aromatic nitrogens is 1. The lowest BCUT2D eigenvalue weighted by Crippen LogP contribution is -2.19. The second-order valence-electron chi connectivity index (χ2n) is 3.88. The van der Waals surface area contributed by atoms with Crippen molar-refractivity contribution < 1.29 is 9.15 Å². The summed E-state index contributed by atoms with van der Waals surface area (Å²) < 4.78 is 10.8. The normalized spacial score (nSPS) is 20.4. The van der Waals surface area contributed by atoms with Gasteiger partial charge in [-0.05, 0) is 25.1 Å². The van der Waals surface area contributed by atoms with Gasteiger partial charge in [-0.15, -0.1) is 0 Å². The first-order chi connectivity index (χ1) is 7.83. The van der Waals surface area contributed by atoms with Gasteiger partial charge >= 0.3 is 5.76 Å². The molecule has 1 atom stereocenters. The minimum absolute atomic E-state index is 0.158. The second kappa shape index (κ2) is 3.68. The number of H-pyrrole nitrogens is 1. The van der Waals surface area contributed by atoms with Gasteiger partial charge in [0.05, 0.1) is 5.52 Å². The van der Waals surface area contributed by atoms with Crippen LogP contribution < -0.4 is 15.8 Å². The van der Waals surface area contributed by atoms with E-state index >= 15 is 0 Å². The molecular formula is C11H12N2O3. The highest BCUT2D eigenvalue weighted by molar-refractivity contribution is 5.78. The Morgan fingerprint density at radius 1 is 1.44 bits per heavy atom. The van der Waals surface area contributed by atoms with E-state index in [1.54, 1.807) is 6.07 Å². The Morgan fingerprint density at radius 2 is 2.38 bits per heavy atom. The van der Waals surface area contributed by atoms with Crippen molar-refractivity contribution in [1.82, 2.24) is 10.3 Å². The molecule has 0 amide bonds. The number of para-hydroxylation sites is 1. The van der Waals surface area contributed by atoms with E-state index in [2.05, 4.69) is 10.3 Å². The number of hydrogen-bond donors (Lipinski definition) is 2. The van der Waals surface area contributed by atoms with Crippen molar-refractivity contribution in [2.24, 2.45) is 0 Å². The van der Waals surface area contributed by atoms with Gasteiger partial charge in [0, 0.05) is 6.54 Å². The van der Waals surface area contributed by atoms with Crippen molar-refractivity contribution in [3.05, 3.63) is 28.7 Å². The first-order valence-corrected chi connectivity index (χ1v) is 5.32. The zero-order valence-corrected chi connectivity index (χ0v) is 8.66. The van der Waals surface area contributed by atoms with E-state index in [0.717, 1.165) is 19.5 Å². The monoisotopic (exact) mass is 220 g/mol. The fourth-order valence-corrected chi connectivity index (χ4v) is 1.95. The Labute approximate surface area is 91.4 Å². The molecule has 1 aliphatic heterocycles. The first kappa shape index (κ1) is 9.47. The van der Waals surface area contributed by atoms with Gasteiger partial charge in [-0.3, -0.25) is 4.98 Å². The third-order valence-corrected chi connectivity index (χ3v) is 2.72. The van der Waals surface area contributed by atoms with Crippen molar-refractivity contribution >= 4 is 11.1 Å². The lowest BCUT2D eigenvalue weighted by molar-refractivity contribution is 0.223. The predicted octanol–water partition coefficient (Wildman–Crippen LogP) is 0.862. The minimum atomic E-state index is -0.449. The second-order valence-corrected chi connectivity index (χ2v) is 3.88. The van der Waals surface area contributed by atoms with E-state index in [1.807, 2.05) is 12.1 Å². The lowest BCUT2D eigenvalue weighted by atomic mass is 10.3. The molecule has 1 aliphatic rings. The van der Waals surface area contributed by atoms with Gasteiger partial charge in [0.15, 0.2) is 11.3 Å². The number of nitrogens with one attached hydrogen (secondary N) is 2. The molecule has 5 nitrogen and oxygen atoms in total. The van der Waals surface area contributed by atoms with Crippen molar-refractivity contribution in [2.75, 3.05) is 13.1 Å². The van der Waals surface area contributed by atoms with Gasteiger partial charge in [-0.1, -0.05) is 6.07 Å². The fraction of sp³-hybridized carbons (Fsp3) is 0.364. The molecule has 2 heterocycles. The molecule has 1 aromatic heterocycles. The van der Waals surface area contributed by atoms with Gasteiger partial charge in [-0.2, -0.15) is 0 Å². The molecule has 0 spiro atoms. The third kappa shape index (κ3) is 1.59. The Balaban J connectivity index is 1.98. The molecular weight excluding hydrogens is 208 g/mol. The maximum atomic E-state index is 11.1. The first-order valence-electron chi connectivity index (χ1n) is 5.32. The average molecular weight is 220 g/mol. The number of ether oxygens (including phenoxy) is 1. The van der Waals surface area contributed by atoms with Crippen LogP contribution in [-0.4, -0.2) is 24.2 Å². The summed E-state index contributed by atoms with van der Waals surface area (Å²) in [6.07, 6.45) is 1.14. The van der Waals surface area contributed by atoms with Gasteiger partial charge in [0.1, 0.15) is 6.10 Å². The van der Waals surface area contributed by atoms with Crippen LogP contribution >= 0.6 is 0 Å². The average Bonchev–Trinajstić information content (AvgIpc) is 2.86. The summed E-state index contributed by atoms with van der Waals surface area (Å²) >= 11 is 0. The van der Waals surface area contributed by atoms with Crippen LogP contribution in [0.1, 0.15) is 6.42 Å². The zero-order chi connectivity index (χ0) is 11.0. The van der Waals surface area contributed by atoms with Gasteiger partial charge < -0.3 is 14.5 Å². The van der Waals surface area contributed by atoms with Crippen LogP contribution in [0.25, 0.3) is 11.1 Å². The largest absolute Gasteiger partial charge is 0.485 e. The van der Waals surface area contributed by atoms with Gasteiger partial charge in [-0.25, -0.2) is 4.79 Å². The molecule has 3 rings (SSSR count). The van der Waals surface area contributed by atoms with E-state index in [9.17, 15) is 4.79 Å². The van der Waals surface area contributed by atoms with Crippen molar-refractivity contribution in [3.8, 4) is 5.75 Å². The Morgan fingerprint density at radius 3 is 3.19 bits per heavy atom. The van der Waals surface area contributed by atoms with Crippen LogP contribution in [0.4, 0.5) is 0 Å². The van der Waals surface area contributed by atoms with Crippen LogP contribution in [-0.2, 0) is 0 Å². The summed E-state index contributed by atoms with van der Waals surface area (Å²) in [4.78, 5) is 13.7. The highest BCUT2D eigenvalue weighted by Crippen LogP contribution is 2.24. The van der Waals surface area contributed by atoms with E-state index in [-0.39, 0.29) is 6.10 Å². The number of hydrogen-bond acceptors (Lipinski definition) is 4. The van der Waals surface area contributed by atoms with Crippen LogP contribution in [0.15, 0.2) is 27.4 Å². The molecule has 5 heteroatoms. The highest BCUT2D eigenvalue weighted by Gasteiger charge is 2.18. The van der Waals surface area contributed by atoms with Gasteiger partial charge in [0.25, 0.3) is 0 Å². The molecule has 0 radical (unpaired) electrons.